The topological polar surface area (TPSA) is 34.1 Å². The first-order valence-electron chi connectivity index (χ1n) is 8.54. The highest BCUT2D eigenvalue weighted by molar-refractivity contribution is 5.25. The van der Waals surface area contributed by atoms with Gasteiger partial charge >= 0.3 is 0 Å². The van der Waals surface area contributed by atoms with Gasteiger partial charge in [0.2, 0.25) is 5.88 Å². The molecule has 1 aliphatic rings. The van der Waals surface area contributed by atoms with Gasteiger partial charge in [-0.15, -0.1) is 0 Å². The zero-order valence-electron chi connectivity index (χ0n) is 13.8. The highest BCUT2D eigenvalue weighted by Gasteiger charge is 2.16. The van der Waals surface area contributed by atoms with Gasteiger partial charge in [0.1, 0.15) is 6.10 Å². The summed E-state index contributed by atoms with van der Waals surface area (Å²) in [6, 6.07) is 4.31. The molecular weight excluding hydrogens is 260 g/mol. The molecule has 118 valence electrons. The quantitative estimate of drug-likeness (QED) is 0.821. The average Bonchev–Trinajstić information content (AvgIpc) is 2.47. The van der Waals surface area contributed by atoms with E-state index < -0.39 is 0 Å². The molecule has 0 saturated heterocycles. The van der Waals surface area contributed by atoms with Crippen LogP contribution in [0.5, 0.6) is 5.88 Å². The molecule has 2 rings (SSSR count). The normalized spacial score (nSPS) is 16.4. The third kappa shape index (κ3) is 5.66. The maximum absolute atomic E-state index is 6.13. The summed E-state index contributed by atoms with van der Waals surface area (Å²) in [5, 5.41) is 3.50. The Morgan fingerprint density at radius 1 is 1.24 bits per heavy atom. The Bertz CT molecular complexity index is 425. The molecule has 0 radical (unpaired) electrons. The highest BCUT2D eigenvalue weighted by Crippen LogP contribution is 2.23. The molecule has 1 aromatic heterocycles. The van der Waals surface area contributed by atoms with E-state index in [4.69, 9.17) is 4.74 Å². The van der Waals surface area contributed by atoms with E-state index in [0.29, 0.717) is 12.0 Å². The van der Waals surface area contributed by atoms with Crippen molar-refractivity contribution in [1.82, 2.24) is 10.3 Å². The standard InChI is InChI=1S/C18H30N2O/c1-4-16-10-15(13-19-12-14(2)3)11-18(20-16)21-17-8-6-5-7-9-17/h10-11,14,17,19H,4-9,12-13H2,1-3H3. The third-order valence-corrected chi connectivity index (χ3v) is 4.00. The lowest BCUT2D eigenvalue weighted by atomic mass is 9.98. The van der Waals surface area contributed by atoms with Gasteiger partial charge in [-0.25, -0.2) is 4.98 Å². The van der Waals surface area contributed by atoms with Crippen molar-refractivity contribution in [3.63, 3.8) is 0 Å². The van der Waals surface area contributed by atoms with Crippen molar-refractivity contribution in [3.8, 4) is 5.88 Å². The van der Waals surface area contributed by atoms with Crippen LogP contribution < -0.4 is 10.1 Å². The molecule has 3 nitrogen and oxygen atoms in total. The minimum absolute atomic E-state index is 0.370. The lowest BCUT2D eigenvalue weighted by Crippen LogP contribution is -2.21. The van der Waals surface area contributed by atoms with Crippen molar-refractivity contribution in [2.75, 3.05) is 6.54 Å². The van der Waals surface area contributed by atoms with Crippen LogP contribution in [0, 0.1) is 5.92 Å². The monoisotopic (exact) mass is 290 g/mol. The van der Waals surface area contributed by atoms with E-state index in [1.807, 2.05) is 0 Å². The second kappa shape index (κ2) is 8.38. The Morgan fingerprint density at radius 3 is 2.67 bits per heavy atom. The number of aryl methyl sites for hydroxylation is 1. The van der Waals surface area contributed by atoms with Crippen molar-refractivity contribution in [3.05, 3.63) is 23.4 Å². The van der Waals surface area contributed by atoms with Gasteiger partial charge < -0.3 is 10.1 Å². The summed E-state index contributed by atoms with van der Waals surface area (Å²) in [5.74, 6) is 1.50. The lowest BCUT2D eigenvalue weighted by Gasteiger charge is -2.23. The molecule has 0 unspecified atom stereocenters. The summed E-state index contributed by atoms with van der Waals surface area (Å²) in [7, 11) is 0. The predicted molar refractivity (Wildman–Crippen MR) is 87.7 cm³/mol. The van der Waals surface area contributed by atoms with Crippen LogP contribution in [0.15, 0.2) is 12.1 Å². The van der Waals surface area contributed by atoms with Crippen LogP contribution in [0.1, 0.15) is 64.1 Å². The van der Waals surface area contributed by atoms with E-state index in [-0.39, 0.29) is 0 Å². The molecule has 0 aromatic carbocycles. The summed E-state index contributed by atoms with van der Waals surface area (Å²) in [6.07, 6.45) is 7.63. The van der Waals surface area contributed by atoms with Crippen molar-refractivity contribution < 1.29 is 4.74 Å². The van der Waals surface area contributed by atoms with Crippen LogP contribution in [0.2, 0.25) is 0 Å². The van der Waals surface area contributed by atoms with Crippen LogP contribution in [-0.4, -0.2) is 17.6 Å². The highest BCUT2D eigenvalue weighted by atomic mass is 16.5. The average molecular weight is 290 g/mol. The number of nitrogens with one attached hydrogen (secondary N) is 1. The molecule has 0 atom stereocenters. The molecule has 1 fully saturated rings. The van der Waals surface area contributed by atoms with Gasteiger partial charge in [-0.05, 0) is 56.2 Å². The molecule has 0 aliphatic heterocycles. The van der Waals surface area contributed by atoms with Gasteiger partial charge in [0, 0.05) is 18.3 Å². The van der Waals surface area contributed by atoms with Crippen molar-refractivity contribution in [2.24, 2.45) is 5.92 Å². The summed E-state index contributed by atoms with van der Waals surface area (Å²) < 4.78 is 6.13. The third-order valence-electron chi connectivity index (χ3n) is 4.00. The molecule has 0 bridgehead atoms. The molecule has 1 N–H and O–H groups in total. The van der Waals surface area contributed by atoms with Crippen molar-refractivity contribution in [2.45, 2.75) is 71.9 Å². The van der Waals surface area contributed by atoms with Gasteiger partial charge in [0.15, 0.2) is 0 Å². The molecule has 0 spiro atoms. The molecule has 1 heterocycles. The SMILES string of the molecule is CCc1cc(CNCC(C)C)cc(OC2CCCCC2)n1. The number of rotatable bonds is 7. The number of hydrogen-bond acceptors (Lipinski definition) is 3. The molecule has 1 aromatic rings. The molecule has 1 aliphatic carbocycles. The van der Waals surface area contributed by atoms with E-state index >= 15 is 0 Å². The minimum Gasteiger partial charge on any atom is -0.474 e. The lowest BCUT2D eigenvalue weighted by molar-refractivity contribution is 0.148. The first-order valence-corrected chi connectivity index (χ1v) is 8.54. The predicted octanol–water partition coefficient (Wildman–Crippen LogP) is 4.10. The van der Waals surface area contributed by atoms with Crippen LogP contribution in [-0.2, 0) is 13.0 Å². The van der Waals surface area contributed by atoms with Gasteiger partial charge in [0.05, 0.1) is 0 Å². The van der Waals surface area contributed by atoms with E-state index in [0.717, 1.165) is 31.1 Å². The Balaban J connectivity index is 1.98. The van der Waals surface area contributed by atoms with Crippen LogP contribution in [0.4, 0.5) is 0 Å². The summed E-state index contributed by atoms with van der Waals surface area (Å²) in [6.45, 7) is 8.55. The number of pyridine rings is 1. The van der Waals surface area contributed by atoms with Crippen LogP contribution in [0.3, 0.4) is 0 Å². The zero-order valence-corrected chi connectivity index (χ0v) is 13.8. The largest absolute Gasteiger partial charge is 0.474 e. The second-order valence-corrected chi connectivity index (χ2v) is 6.56. The number of ether oxygens (including phenoxy) is 1. The fourth-order valence-corrected chi connectivity index (χ4v) is 2.82. The van der Waals surface area contributed by atoms with E-state index in [1.54, 1.807) is 0 Å². The number of aromatic nitrogens is 1. The Labute approximate surface area is 129 Å². The summed E-state index contributed by atoms with van der Waals surface area (Å²) in [4.78, 5) is 4.64. The molecule has 3 heteroatoms. The fourth-order valence-electron chi connectivity index (χ4n) is 2.82. The zero-order chi connectivity index (χ0) is 15.1. The molecule has 0 amide bonds. The van der Waals surface area contributed by atoms with Crippen molar-refractivity contribution >= 4 is 0 Å². The smallest absolute Gasteiger partial charge is 0.214 e. The number of nitrogens with zero attached hydrogens (tertiary/aromatic N) is 1. The van der Waals surface area contributed by atoms with Gasteiger partial charge in [-0.1, -0.05) is 27.2 Å². The van der Waals surface area contributed by atoms with Crippen LogP contribution >= 0.6 is 0 Å². The number of hydrogen-bond donors (Lipinski definition) is 1. The van der Waals surface area contributed by atoms with Crippen LogP contribution in [0.25, 0.3) is 0 Å². The molecule has 21 heavy (non-hydrogen) atoms. The first kappa shape index (κ1) is 16.3. The van der Waals surface area contributed by atoms with E-state index in [9.17, 15) is 0 Å². The van der Waals surface area contributed by atoms with Gasteiger partial charge in [-0.3, -0.25) is 0 Å². The first-order chi connectivity index (χ1) is 10.2. The Morgan fingerprint density at radius 2 is 2.00 bits per heavy atom. The maximum Gasteiger partial charge on any atom is 0.214 e. The Kier molecular flexibility index (Phi) is 6.50. The molecular formula is C18H30N2O. The molecule has 1 saturated carbocycles. The second-order valence-electron chi connectivity index (χ2n) is 6.56. The Hall–Kier alpha value is -1.09. The van der Waals surface area contributed by atoms with Gasteiger partial charge in [0.25, 0.3) is 0 Å². The van der Waals surface area contributed by atoms with E-state index in [2.05, 4.69) is 43.2 Å². The van der Waals surface area contributed by atoms with E-state index in [1.165, 1.54) is 37.7 Å². The fraction of sp³-hybridized carbons (Fsp3) is 0.722. The van der Waals surface area contributed by atoms with Crippen molar-refractivity contribution in [1.29, 1.82) is 0 Å². The maximum atomic E-state index is 6.13. The van der Waals surface area contributed by atoms with Gasteiger partial charge in [-0.2, -0.15) is 0 Å². The minimum atomic E-state index is 0.370. The summed E-state index contributed by atoms with van der Waals surface area (Å²) in [5.41, 5.74) is 2.41. The summed E-state index contributed by atoms with van der Waals surface area (Å²) >= 11 is 0.